The van der Waals surface area contributed by atoms with Crippen molar-refractivity contribution in [2.75, 3.05) is 20.0 Å². The number of fused-ring (bicyclic) bond motifs is 1. The van der Waals surface area contributed by atoms with Gasteiger partial charge in [-0.25, -0.2) is 4.79 Å². The Morgan fingerprint density at radius 1 is 1.11 bits per heavy atom. The number of ether oxygens (including phenoxy) is 4. The van der Waals surface area contributed by atoms with Gasteiger partial charge in [-0.05, 0) is 62.4 Å². The van der Waals surface area contributed by atoms with Crippen molar-refractivity contribution in [3.05, 3.63) is 81.2 Å². The molecule has 194 valence electrons. The van der Waals surface area contributed by atoms with Crippen LogP contribution in [0.5, 0.6) is 11.5 Å². The molecular weight excluding hydrogens is 494 g/mol. The summed E-state index contributed by atoms with van der Waals surface area (Å²) in [5.41, 5.74) is 4.17. The number of benzene rings is 2. The maximum Gasteiger partial charge on any atom is 0.336 e. The number of allylic oxidation sites excluding steroid dienone is 3. The van der Waals surface area contributed by atoms with Crippen molar-refractivity contribution in [2.45, 2.75) is 51.6 Å². The molecule has 37 heavy (non-hydrogen) atoms. The molecule has 7 nitrogen and oxygen atoms in total. The molecule has 1 N–H and O–H groups in total. The van der Waals surface area contributed by atoms with Crippen LogP contribution in [0.4, 0.5) is 0 Å². The van der Waals surface area contributed by atoms with E-state index < -0.39 is 11.9 Å². The number of nitrogens with one attached hydrogen (secondary N) is 1. The maximum absolute atomic E-state index is 13.8. The number of rotatable bonds is 7. The van der Waals surface area contributed by atoms with Crippen molar-refractivity contribution in [2.24, 2.45) is 0 Å². The predicted octanol–water partition coefficient (Wildman–Crippen LogP) is 5.40. The molecule has 0 amide bonds. The van der Waals surface area contributed by atoms with Crippen LogP contribution in [0.3, 0.4) is 0 Å². The third-order valence-electron chi connectivity index (χ3n) is 6.89. The molecular formula is C29H30ClNO6. The molecule has 2 atom stereocenters. The van der Waals surface area contributed by atoms with Crippen LogP contribution in [0, 0.1) is 0 Å². The number of hydrogen-bond donors (Lipinski definition) is 1. The summed E-state index contributed by atoms with van der Waals surface area (Å²) >= 11 is 6.48. The molecule has 8 heteroatoms. The molecule has 0 saturated carbocycles. The van der Waals surface area contributed by atoms with Crippen molar-refractivity contribution < 1.29 is 28.5 Å². The lowest BCUT2D eigenvalue weighted by molar-refractivity contribution is -0.141. The molecule has 0 fully saturated rings. The Balaban J connectivity index is 1.51. The molecule has 0 saturated heterocycles. The summed E-state index contributed by atoms with van der Waals surface area (Å²) < 4.78 is 22.2. The van der Waals surface area contributed by atoms with E-state index in [9.17, 15) is 9.59 Å². The largest absolute Gasteiger partial charge is 0.460 e. The van der Waals surface area contributed by atoms with E-state index in [1.807, 2.05) is 63.2 Å². The molecule has 0 spiro atoms. The minimum absolute atomic E-state index is 0.0257. The first-order valence-electron chi connectivity index (χ1n) is 12.5. The lowest BCUT2D eigenvalue weighted by Crippen LogP contribution is -2.36. The predicted molar refractivity (Wildman–Crippen MR) is 139 cm³/mol. The van der Waals surface area contributed by atoms with Gasteiger partial charge < -0.3 is 24.3 Å². The highest BCUT2D eigenvalue weighted by molar-refractivity contribution is 6.31. The summed E-state index contributed by atoms with van der Waals surface area (Å²) in [5, 5.41) is 4.01. The van der Waals surface area contributed by atoms with Crippen molar-refractivity contribution in [3.8, 4) is 11.5 Å². The van der Waals surface area contributed by atoms with Crippen molar-refractivity contribution in [1.29, 1.82) is 0 Å². The lowest BCUT2D eigenvalue weighted by atomic mass is 9.71. The first kappa shape index (κ1) is 25.4. The molecule has 0 radical (unpaired) electrons. The van der Waals surface area contributed by atoms with Gasteiger partial charge in [0.15, 0.2) is 17.3 Å². The van der Waals surface area contributed by atoms with Crippen molar-refractivity contribution in [3.63, 3.8) is 0 Å². The summed E-state index contributed by atoms with van der Waals surface area (Å²) in [6.07, 6.45) is 0.943. The lowest BCUT2D eigenvalue weighted by Gasteiger charge is -2.37. The first-order chi connectivity index (χ1) is 17.8. The van der Waals surface area contributed by atoms with Crippen LogP contribution >= 0.6 is 11.6 Å². The number of dihydropyridines is 1. The zero-order valence-electron chi connectivity index (χ0n) is 21.1. The quantitative estimate of drug-likeness (QED) is 0.384. The SMILES string of the molecule is CC1=C(C(=O)OCCOC(C)C)[C@@H](c2ccc3c(c2)OCO3)C2=C(C[C@@H](c3ccccc3Cl)CC2=O)N1. The van der Waals surface area contributed by atoms with Gasteiger partial charge in [0.1, 0.15) is 6.61 Å². The van der Waals surface area contributed by atoms with Gasteiger partial charge in [0, 0.05) is 34.3 Å². The highest BCUT2D eigenvalue weighted by Gasteiger charge is 2.42. The Kier molecular flexibility index (Phi) is 7.26. The molecule has 3 aliphatic rings. The van der Waals surface area contributed by atoms with E-state index in [0.717, 1.165) is 16.8 Å². The standard InChI is InChI=1S/C29H30ClNO6/c1-16(2)34-10-11-35-29(33)26-17(3)31-22-12-19(20-6-4-5-7-21(20)30)13-23(32)28(22)27(26)18-8-9-24-25(14-18)37-15-36-24/h4-9,14,16,19,27,31H,10-13,15H2,1-3H3/t19-,27-/m1/s1. The second kappa shape index (κ2) is 10.6. The third kappa shape index (κ3) is 5.11. The van der Waals surface area contributed by atoms with Gasteiger partial charge in [-0.3, -0.25) is 4.79 Å². The molecule has 2 aromatic carbocycles. The van der Waals surface area contributed by atoms with Gasteiger partial charge in [0.2, 0.25) is 6.79 Å². The highest BCUT2D eigenvalue weighted by atomic mass is 35.5. The minimum Gasteiger partial charge on any atom is -0.460 e. The maximum atomic E-state index is 13.8. The molecule has 2 aromatic rings. The molecule has 0 bridgehead atoms. The fourth-order valence-electron chi connectivity index (χ4n) is 5.26. The number of carbonyl (C=O) groups is 2. The molecule has 2 aliphatic heterocycles. The Morgan fingerprint density at radius 2 is 1.89 bits per heavy atom. The van der Waals surface area contributed by atoms with Crippen LogP contribution < -0.4 is 14.8 Å². The highest BCUT2D eigenvalue weighted by Crippen LogP contribution is 2.48. The average Bonchev–Trinajstić information content (AvgIpc) is 3.33. The number of halogens is 1. The fraction of sp³-hybridized carbons (Fsp3) is 0.379. The van der Waals surface area contributed by atoms with Crippen LogP contribution in [0.2, 0.25) is 5.02 Å². The molecule has 2 heterocycles. The fourth-order valence-corrected chi connectivity index (χ4v) is 5.55. The monoisotopic (exact) mass is 523 g/mol. The van der Waals surface area contributed by atoms with Crippen molar-refractivity contribution in [1.82, 2.24) is 5.32 Å². The Hall–Kier alpha value is -3.29. The van der Waals surface area contributed by atoms with Crippen LogP contribution in [0.15, 0.2) is 65.0 Å². The van der Waals surface area contributed by atoms with Crippen LogP contribution in [-0.4, -0.2) is 37.9 Å². The smallest absolute Gasteiger partial charge is 0.336 e. The normalized spacial score (nSPS) is 20.7. The van der Waals surface area contributed by atoms with Crippen LogP contribution in [-0.2, 0) is 19.1 Å². The molecule has 5 rings (SSSR count). The number of hydrogen-bond acceptors (Lipinski definition) is 7. The van der Waals surface area contributed by atoms with Gasteiger partial charge in [-0.2, -0.15) is 0 Å². The number of esters is 1. The second-order valence-electron chi connectivity index (χ2n) is 9.71. The topological polar surface area (TPSA) is 83.1 Å². The third-order valence-corrected chi connectivity index (χ3v) is 7.23. The summed E-state index contributed by atoms with van der Waals surface area (Å²) in [6.45, 7) is 6.24. The van der Waals surface area contributed by atoms with E-state index in [2.05, 4.69) is 5.32 Å². The van der Waals surface area contributed by atoms with E-state index >= 15 is 0 Å². The summed E-state index contributed by atoms with van der Waals surface area (Å²) in [7, 11) is 0. The van der Waals surface area contributed by atoms with Gasteiger partial charge in [-0.1, -0.05) is 35.9 Å². The number of ketones is 1. The molecule has 0 unspecified atom stereocenters. The Bertz CT molecular complexity index is 1300. The van der Waals surface area contributed by atoms with Crippen LogP contribution in [0.25, 0.3) is 0 Å². The van der Waals surface area contributed by atoms with E-state index in [1.54, 1.807) is 0 Å². The average molecular weight is 524 g/mol. The van der Waals surface area contributed by atoms with E-state index in [1.165, 1.54) is 0 Å². The van der Waals surface area contributed by atoms with E-state index in [0.29, 0.717) is 52.8 Å². The Morgan fingerprint density at radius 3 is 2.68 bits per heavy atom. The van der Waals surface area contributed by atoms with E-state index in [4.69, 9.17) is 30.5 Å². The number of carbonyl (C=O) groups excluding carboxylic acids is 2. The second-order valence-corrected chi connectivity index (χ2v) is 10.1. The molecule has 1 aliphatic carbocycles. The van der Waals surface area contributed by atoms with Crippen molar-refractivity contribution >= 4 is 23.4 Å². The summed E-state index contributed by atoms with van der Waals surface area (Å²) in [4.78, 5) is 27.2. The van der Waals surface area contributed by atoms with Crippen LogP contribution in [0.1, 0.15) is 56.6 Å². The van der Waals surface area contributed by atoms with Gasteiger partial charge in [-0.15, -0.1) is 0 Å². The first-order valence-corrected chi connectivity index (χ1v) is 12.9. The van der Waals surface area contributed by atoms with E-state index in [-0.39, 0.29) is 31.2 Å². The van der Waals surface area contributed by atoms with Gasteiger partial charge in [0.25, 0.3) is 0 Å². The Labute approximate surface area is 221 Å². The zero-order chi connectivity index (χ0) is 26.1. The summed E-state index contributed by atoms with van der Waals surface area (Å²) in [6, 6.07) is 13.2. The number of Topliss-reactive ketones (excluding diaryl/α,β-unsaturated/α-hetero) is 1. The minimum atomic E-state index is -0.594. The van der Waals surface area contributed by atoms with Gasteiger partial charge in [0.05, 0.1) is 18.3 Å². The summed E-state index contributed by atoms with van der Waals surface area (Å²) in [5.74, 6) is 0.0700. The molecule has 0 aromatic heterocycles. The zero-order valence-corrected chi connectivity index (χ0v) is 21.9. The van der Waals surface area contributed by atoms with Gasteiger partial charge >= 0.3 is 5.97 Å².